The summed E-state index contributed by atoms with van der Waals surface area (Å²) >= 11 is 3.72. The maximum Gasteiger partial charge on any atom is 0.0540 e. The first-order valence-corrected chi connectivity index (χ1v) is 18.9. The van der Waals surface area contributed by atoms with Gasteiger partial charge in [-0.15, -0.1) is 22.7 Å². The molecule has 51 heavy (non-hydrogen) atoms. The van der Waals surface area contributed by atoms with Gasteiger partial charge in [-0.3, -0.25) is 0 Å². The van der Waals surface area contributed by atoms with Crippen molar-refractivity contribution in [3.8, 4) is 33.4 Å². The molecule has 8 aromatic carbocycles. The van der Waals surface area contributed by atoms with E-state index < -0.39 is 0 Å². The minimum Gasteiger partial charge on any atom is -0.310 e. The van der Waals surface area contributed by atoms with Crippen LogP contribution in [-0.4, -0.2) is 0 Å². The summed E-state index contributed by atoms with van der Waals surface area (Å²) in [5, 5.41) is 5.21. The van der Waals surface area contributed by atoms with Crippen LogP contribution in [0.5, 0.6) is 0 Å². The smallest absolute Gasteiger partial charge is 0.0540 e. The van der Waals surface area contributed by atoms with Crippen molar-refractivity contribution in [1.29, 1.82) is 0 Å². The summed E-state index contributed by atoms with van der Waals surface area (Å²) in [7, 11) is 0. The first-order chi connectivity index (χ1) is 25.3. The number of hydrogen-bond donors (Lipinski definition) is 0. The van der Waals surface area contributed by atoms with Gasteiger partial charge in [-0.25, -0.2) is 0 Å². The molecule has 0 atom stereocenters. The Morgan fingerprint density at radius 2 is 0.784 bits per heavy atom. The lowest BCUT2D eigenvalue weighted by Crippen LogP contribution is -2.11. The van der Waals surface area contributed by atoms with Crippen molar-refractivity contribution in [1.82, 2.24) is 0 Å². The first kappa shape index (κ1) is 29.9. The molecule has 2 heterocycles. The van der Waals surface area contributed by atoms with Crippen LogP contribution in [0.4, 0.5) is 17.1 Å². The average molecular weight is 686 g/mol. The molecule has 1 nitrogen and oxygen atoms in total. The number of fused-ring (bicyclic) bond motifs is 6. The predicted molar refractivity (Wildman–Crippen MR) is 223 cm³/mol. The van der Waals surface area contributed by atoms with Crippen LogP contribution in [0.3, 0.4) is 0 Å². The fourth-order valence-corrected chi connectivity index (χ4v) is 9.60. The molecule has 0 aliphatic rings. The molecule has 0 amide bonds. The zero-order chi connectivity index (χ0) is 33.7. The lowest BCUT2D eigenvalue weighted by atomic mass is 9.95. The predicted octanol–water partition coefficient (Wildman–Crippen LogP) is 14.9. The standard InChI is InChI=1S/C48H31NS2/c1-3-11-32(12-4-1)33-19-21-34(22-20-33)36-23-27-44(42(29-36)35-13-5-2-6-14-35)49(37-25-28-47-43(30-37)40-16-8-10-18-46(40)50-47)38-24-26-41-39-15-7-9-17-45(39)51-48(41)31-38/h1-31H. The molecule has 10 rings (SSSR count). The number of benzene rings is 8. The van der Waals surface area contributed by atoms with Crippen molar-refractivity contribution in [2.24, 2.45) is 0 Å². The second-order valence-corrected chi connectivity index (χ2v) is 15.1. The molecule has 0 spiro atoms. The Kier molecular flexibility index (Phi) is 7.26. The van der Waals surface area contributed by atoms with E-state index >= 15 is 0 Å². The Bertz CT molecular complexity index is 2850. The highest BCUT2D eigenvalue weighted by molar-refractivity contribution is 7.26. The number of thiophene rings is 2. The van der Waals surface area contributed by atoms with E-state index in [1.807, 2.05) is 22.7 Å². The minimum atomic E-state index is 1.14. The van der Waals surface area contributed by atoms with Crippen molar-refractivity contribution in [3.05, 3.63) is 188 Å². The number of hydrogen-bond acceptors (Lipinski definition) is 3. The van der Waals surface area contributed by atoms with Crippen LogP contribution in [0.15, 0.2) is 188 Å². The molecule has 0 radical (unpaired) electrons. The molecular weight excluding hydrogens is 655 g/mol. The summed E-state index contributed by atoms with van der Waals surface area (Å²) in [5.41, 5.74) is 10.6. The summed E-state index contributed by atoms with van der Waals surface area (Å²) in [4.78, 5) is 2.46. The van der Waals surface area contributed by atoms with E-state index in [-0.39, 0.29) is 0 Å². The van der Waals surface area contributed by atoms with Crippen LogP contribution in [0.2, 0.25) is 0 Å². The van der Waals surface area contributed by atoms with E-state index in [0.29, 0.717) is 0 Å². The van der Waals surface area contributed by atoms with Crippen molar-refractivity contribution in [2.75, 3.05) is 4.90 Å². The van der Waals surface area contributed by atoms with Gasteiger partial charge in [-0.05, 0) is 82.4 Å². The summed E-state index contributed by atoms with van der Waals surface area (Å²) in [6.45, 7) is 0. The summed E-state index contributed by atoms with van der Waals surface area (Å²) in [6, 6.07) is 68.7. The topological polar surface area (TPSA) is 3.24 Å². The van der Waals surface area contributed by atoms with E-state index in [2.05, 4.69) is 193 Å². The third kappa shape index (κ3) is 5.30. The lowest BCUT2D eigenvalue weighted by Gasteiger charge is -2.28. The average Bonchev–Trinajstić information content (AvgIpc) is 3.77. The van der Waals surface area contributed by atoms with Gasteiger partial charge in [0.25, 0.3) is 0 Å². The zero-order valence-electron chi connectivity index (χ0n) is 27.7. The molecule has 3 heteroatoms. The second-order valence-electron chi connectivity index (χ2n) is 12.9. The second kappa shape index (κ2) is 12.4. The van der Waals surface area contributed by atoms with Crippen LogP contribution in [0.25, 0.3) is 73.7 Å². The van der Waals surface area contributed by atoms with E-state index in [1.165, 1.54) is 73.7 Å². The van der Waals surface area contributed by atoms with Crippen molar-refractivity contribution < 1.29 is 0 Å². The van der Waals surface area contributed by atoms with Gasteiger partial charge in [0.05, 0.1) is 5.69 Å². The van der Waals surface area contributed by atoms with Gasteiger partial charge in [-0.1, -0.05) is 133 Å². The van der Waals surface area contributed by atoms with Gasteiger partial charge in [0.2, 0.25) is 0 Å². The number of rotatable bonds is 6. The third-order valence-electron chi connectivity index (χ3n) is 9.89. The number of nitrogens with zero attached hydrogens (tertiary/aromatic N) is 1. The Morgan fingerprint density at radius 3 is 1.51 bits per heavy atom. The Hall–Kier alpha value is -6.00. The normalized spacial score (nSPS) is 11.5. The Balaban J connectivity index is 1.18. The van der Waals surface area contributed by atoms with E-state index in [0.717, 1.165) is 17.1 Å². The van der Waals surface area contributed by atoms with Gasteiger partial charge >= 0.3 is 0 Å². The highest BCUT2D eigenvalue weighted by Gasteiger charge is 2.20. The molecule has 0 unspecified atom stereocenters. The largest absolute Gasteiger partial charge is 0.310 e. The molecule has 10 aromatic rings. The fraction of sp³-hybridized carbons (Fsp3) is 0. The Morgan fingerprint density at radius 1 is 0.294 bits per heavy atom. The van der Waals surface area contributed by atoms with Crippen LogP contribution >= 0.6 is 22.7 Å². The molecule has 240 valence electrons. The van der Waals surface area contributed by atoms with Gasteiger partial charge in [-0.2, -0.15) is 0 Å². The zero-order valence-corrected chi connectivity index (χ0v) is 29.3. The quantitative estimate of drug-likeness (QED) is 0.168. The first-order valence-electron chi connectivity index (χ1n) is 17.2. The van der Waals surface area contributed by atoms with Crippen LogP contribution in [-0.2, 0) is 0 Å². The van der Waals surface area contributed by atoms with E-state index in [4.69, 9.17) is 0 Å². The molecule has 0 aliphatic carbocycles. The van der Waals surface area contributed by atoms with E-state index in [9.17, 15) is 0 Å². The molecule has 0 bridgehead atoms. The molecule has 0 aliphatic heterocycles. The summed E-state index contributed by atoms with van der Waals surface area (Å²) in [6.07, 6.45) is 0. The van der Waals surface area contributed by atoms with Gasteiger partial charge < -0.3 is 4.90 Å². The highest BCUT2D eigenvalue weighted by Crippen LogP contribution is 2.46. The maximum atomic E-state index is 2.46. The van der Waals surface area contributed by atoms with Crippen molar-refractivity contribution >= 4 is 80.1 Å². The third-order valence-corrected chi connectivity index (χ3v) is 12.2. The monoisotopic (exact) mass is 685 g/mol. The van der Waals surface area contributed by atoms with Crippen LogP contribution < -0.4 is 4.90 Å². The molecule has 0 N–H and O–H groups in total. The fourth-order valence-electron chi connectivity index (χ4n) is 7.38. The van der Waals surface area contributed by atoms with E-state index in [1.54, 1.807) is 0 Å². The van der Waals surface area contributed by atoms with Crippen molar-refractivity contribution in [2.45, 2.75) is 0 Å². The summed E-state index contributed by atoms with van der Waals surface area (Å²) < 4.78 is 5.22. The number of anilines is 3. The van der Waals surface area contributed by atoms with Crippen LogP contribution in [0.1, 0.15) is 0 Å². The molecule has 0 saturated carbocycles. The SMILES string of the molecule is c1ccc(-c2ccc(-c3ccc(N(c4ccc5c(c4)sc4ccccc45)c4ccc5sc6ccccc6c5c4)c(-c4ccccc4)c3)cc2)cc1. The van der Waals surface area contributed by atoms with Crippen LogP contribution in [0, 0.1) is 0 Å². The van der Waals surface area contributed by atoms with Crippen molar-refractivity contribution in [3.63, 3.8) is 0 Å². The van der Waals surface area contributed by atoms with Gasteiger partial charge in [0.15, 0.2) is 0 Å². The lowest BCUT2D eigenvalue weighted by molar-refractivity contribution is 1.30. The molecule has 0 fully saturated rings. The maximum absolute atomic E-state index is 2.46. The van der Waals surface area contributed by atoms with Gasteiger partial charge in [0.1, 0.15) is 0 Å². The van der Waals surface area contributed by atoms with Gasteiger partial charge in [0, 0.05) is 57.3 Å². The molecule has 2 aromatic heterocycles. The highest BCUT2D eigenvalue weighted by atomic mass is 32.1. The molecular formula is C48H31NS2. The molecule has 0 saturated heterocycles. The summed E-state index contributed by atoms with van der Waals surface area (Å²) in [5.74, 6) is 0. The Labute approximate surface area is 304 Å². The minimum absolute atomic E-state index is 1.14.